The number of carboxylic acid groups (broad SMARTS) is 2. The molecule has 22 heavy (non-hydrogen) atoms. The molecule has 0 saturated carbocycles. The lowest BCUT2D eigenvalue weighted by Crippen LogP contribution is -2.52. The van der Waals surface area contributed by atoms with Gasteiger partial charge in [-0.05, 0) is 34.1 Å². The molecule has 1 fully saturated rings. The second kappa shape index (κ2) is 6.66. The van der Waals surface area contributed by atoms with Crippen molar-refractivity contribution in [2.24, 2.45) is 0 Å². The fourth-order valence-electron chi connectivity index (χ4n) is 2.76. The molecule has 126 valence electrons. The molecule has 1 aliphatic rings. The molecule has 0 aromatic carbocycles. The highest BCUT2D eigenvalue weighted by molar-refractivity contribution is 5.85. The molecule has 0 aliphatic carbocycles. The summed E-state index contributed by atoms with van der Waals surface area (Å²) in [6.45, 7) is 7.54. The second-order valence-electron chi connectivity index (χ2n) is 6.61. The smallest absolute Gasteiger partial charge is 0.408 e. The molecular formula is C15H26N2O5. The third-order valence-corrected chi connectivity index (χ3v) is 3.74. The molecule has 1 aliphatic heterocycles. The lowest BCUT2D eigenvalue weighted by molar-refractivity contribution is -0.232. The maximum Gasteiger partial charge on any atom is 0.408 e. The number of allylic oxidation sites excluding steroid dienone is 1. The summed E-state index contributed by atoms with van der Waals surface area (Å²) in [5, 5.41) is 20.6. The minimum absolute atomic E-state index is 0.103. The molecule has 2 N–H and O–H groups in total. The van der Waals surface area contributed by atoms with Crippen LogP contribution in [0.3, 0.4) is 0 Å². The molecule has 7 nitrogen and oxygen atoms in total. The number of rotatable bonds is 5. The van der Waals surface area contributed by atoms with Crippen LogP contribution in [-0.4, -0.2) is 63.0 Å². The fourth-order valence-corrected chi connectivity index (χ4v) is 2.76. The van der Waals surface area contributed by atoms with Crippen molar-refractivity contribution in [1.82, 2.24) is 9.96 Å². The van der Waals surface area contributed by atoms with Crippen LogP contribution in [0.5, 0.6) is 0 Å². The predicted octanol–water partition coefficient (Wildman–Crippen LogP) is 2.19. The van der Waals surface area contributed by atoms with Gasteiger partial charge in [0.2, 0.25) is 0 Å². The van der Waals surface area contributed by atoms with Crippen LogP contribution in [0, 0.1) is 0 Å². The summed E-state index contributed by atoms with van der Waals surface area (Å²) in [4.78, 5) is 30.1. The number of hydroxylamine groups is 2. The number of nitrogens with zero attached hydrogens (tertiary/aromatic N) is 2. The van der Waals surface area contributed by atoms with E-state index in [1.807, 2.05) is 20.8 Å². The summed E-state index contributed by atoms with van der Waals surface area (Å²) in [6.07, 6.45) is 2.53. The fraction of sp³-hybridized carbons (Fsp3) is 0.733. The average molecular weight is 314 g/mol. The Morgan fingerprint density at radius 1 is 1.41 bits per heavy atom. The normalized spacial score (nSPS) is 26.1. The van der Waals surface area contributed by atoms with Crippen LogP contribution in [0.4, 0.5) is 4.79 Å². The third-order valence-electron chi connectivity index (χ3n) is 3.74. The van der Waals surface area contributed by atoms with Crippen LogP contribution in [0.25, 0.3) is 0 Å². The highest BCUT2D eigenvalue weighted by Gasteiger charge is 2.54. The molecule has 7 heteroatoms. The first kappa shape index (κ1) is 18.4. The van der Waals surface area contributed by atoms with Gasteiger partial charge in [0, 0.05) is 20.0 Å². The Balaban J connectivity index is 3.06. The Kier molecular flexibility index (Phi) is 5.59. The summed E-state index contributed by atoms with van der Waals surface area (Å²) >= 11 is 0. The van der Waals surface area contributed by atoms with Gasteiger partial charge >= 0.3 is 12.1 Å². The van der Waals surface area contributed by atoms with Crippen molar-refractivity contribution in [2.45, 2.75) is 57.7 Å². The number of aliphatic carboxylic acids is 1. The first-order chi connectivity index (χ1) is 10.0. The first-order valence-corrected chi connectivity index (χ1v) is 7.30. The maximum atomic E-state index is 11.8. The molecule has 0 bridgehead atoms. The number of hydrogen-bond donors (Lipinski definition) is 2. The Labute approximate surface area is 131 Å². The summed E-state index contributed by atoms with van der Waals surface area (Å²) in [5.74, 6) is -1.13. The molecule has 1 saturated heterocycles. The first-order valence-electron chi connectivity index (χ1n) is 7.30. The van der Waals surface area contributed by atoms with Gasteiger partial charge in [0.15, 0.2) is 0 Å². The number of likely N-dealkylation sites (tertiary alicyclic amines) is 1. The van der Waals surface area contributed by atoms with Crippen LogP contribution in [0.1, 0.15) is 40.5 Å². The minimum Gasteiger partial charge on any atom is -0.479 e. The Morgan fingerprint density at radius 2 is 2.00 bits per heavy atom. The predicted molar refractivity (Wildman–Crippen MR) is 81.5 cm³/mol. The van der Waals surface area contributed by atoms with Crippen LogP contribution in [0.2, 0.25) is 0 Å². The highest BCUT2D eigenvalue weighted by Crippen LogP contribution is 2.36. The van der Waals surface area contributed by atoms with Crippen molar-refractivity contribution >= 4 is 12.1 Å². The van der Waals surface area contributed by atoms with Crippen molar-refractivity contribution in [3.63, 3.8) is 0 Å². The molecular weight excluding hydrogens is 288 g/mol. The third kappa shape index (κ3) is 3.98. The van der Waals surface area contributed by atoms with E-state index in [0.717, 1.165) is 4.90 Å². The van der Waals surface area contributed by atoms with E-state index in [9.17, 15) is 19.8 Å². The molecule has 0 aromatic heterocycles. The van der Waals surface area contributed by atoms with E-state index in [2.05, 4.69) is 0 Å². The van der Waals surface area contributed by atoms with Gasteiger partial charge in [-0.1, -0.05) is 12.2 Å². The second-order valence-corrected chi connectivity index (χ2v) is 6.61. The van der Waals surface area contributed by atoms with Gasteiger partial charge in [0.25, 0.3) is 0 Å². The van der Waals surface area contributed by atoms with Gasteiger partial charge in [0.05, 0.1) is 11.6 Å². The van der Waals surface area contributed by atoms with Gasteiger partial charge < -0.3 is 10.2 Å². The van der Waals surface area contributed by atoms with Gasteiger partial charge in [0.1, 0.15) is 5.54 Å². The molecule has 0 aromatic rings. The molecule has 1 amide bonds. The highest BCUT2D eigenvalue weighted by atomic mass is 16.7. The quantitative estimate of drug-likeness (QED) is 0.597. The number of carboxylic acids is 1. The van der Waals surface area contributed by atoms with Gasteiger partial charge in [-0.3, -0.25) is 9.74 Å². The standard InChI is InChI=1S/C15H26N2O5/c1-6-7-8-15(12(18)19)9-11(10-17(15)13(20)21)16(5)22-14(2,3)4/h6-7,11H,8-10H2,1-5H3,(H,18,19)(H,20,21)/t11-,15?/m1/s1. The summed E-state index contributed by atoms with van der Waals surface area (Å²) < 4.78 is 0. The Bertz CT molecular complexity index is 457. The SMILES string of the molecule is CC=CCC1(C(=O)O)C[C@@H](N(C)OC(C)(C)C)CN1C(=O)O. The maximum absolute atomic E-state index is 11.8. The number of carbonyl (C=O) groups is 2. The number of hydrogen-bond acceptors (Lipinski definition) is 4. The van der Waals surface area contributed by atoms with Crippen LogP contribution in [0.15, 0.2) is 12.2 Å². The number of amides is 1. The molecule has 1 rings (SSSR count). The van der Waals surface area contributed by atoms with Crippen molar-refractivity contribution in [3.05, 3.63) is 12.2 Å². The van der Waals surface area contributed by atoms with E-state index >= 15 is 0 Å². The average Bonchev–Trinajstić information content (AvgIpc) is 2.75. The van der Waals surface area contributed by atoms with E-state index in [4.69, 9.17) is 4.84 Å². The zero-order valence-corrected chi connectivity index (χ0v) is 13.9. The topological polar surface area (TPSA) is 90.3 Å². The molecule has 0 radical (unpaired) electrons. The van der Waals surface area contributed by atoms with Crippen molar-refractivity contribution in [3.8, 4) is 0 Å². The summed E-state index contributed by atoms with van der Waals surface area (Å²) in [6, 6.07) is -0.309. The largest absolute Gasteiger partial charge is 0.479 e. The molecule has 1 unspecified atom stereocenters. The molecule has 1 heterocycles. The van der Waals surface area contributed by atoms with Gasteiger partial charge in [-0.2, -0.15) is 5.06 Å². The van der Waals surface area contributed by atoms with Crippen LogP contribution >= 0.6 is 0 Å². The Hall–Kier alpha value is -1.60. The van der Waals surface area contributed by atoms with E-state index < -0.39 is 23.2 Å². The van der Waals surface area contributed by atoms with Crippen molar-refractivity contribution in [1.29, 1.82) is 0 Å². The summed E-state index contributed by atoms with van der Waals surface area (Å²) in [7, 11) is 1.71. The van der Waals surface area contributed by atoms with Crippen molar-refractivity contribution in [2.75, 3.05) is 13.6 Å². The van der Waals surface area contributed by atoms with Crippen LogP contribution in [-0.2, 0) is 9.63 Å². The lowest BCUT2D eigenvalue weighted by atomic mass is 9.90. The molecule has 2 atom stereocenters. The molecule has 0 spiro atoms. The monoisotopic (exact) mass is 314 g/mol. The zero-order valence-electron chi connectivity index (χ0n) is 13.9. The van der Waals surface area contributed by atoms with Gasteiger partial charge in [-0.25, -0.2) is 9.59 Å². The minimum atomic E-state index is -1.45. The summed E-state index contributed by atoms with van der Waals surface area (Å²) in [5.41, 5.74) is -1.88. The lowest BCUT2D eigenvalue weighted by Gasteiger charge is -2.31. The van der Waals surface area contributed by atoms with Gasteiger partial charge in [-0.15, -0.1) is 0 Å². The zero-order chi connectivity index (χ0) is 17.1. The Morgan fingerprint density at radius 3 is 2.41 bits per heavy atom. The van der Waals surface area contributed by atoms with E-state index in [-0.39, 0.29) is 25.4 Å². The van der Waals surface area contributed by atoms with E-state index in [1.165, 1.54) is 0 Å². The van der Waals surface area contributed by atoms with E-state index in [1.54, 1.807) is 31.2 Å². The number of likely N-dealkylation sites (N-methyl/N-ethyl adjacent to an activating group) is 1. The van der Waals surface area contributed by atoms with E-state index in [0.29, 0.717) is 0 Å². The van der Waals surface area contributed by atoms with Crippen molar-refractivity contribution < 1.29 is 24.6 Å². The van der Waals surface area contributed by atoms with Crippen LogP contribution < -0.4 is 0 Å².